The Labute approximate surface area is 145 Å². The van der Waals surface area contributed by atoms with Crippen molar-refractivity contribution < 1.29 is 14.3 Å². The topological polar surface area (TPSA) is 94.3 Å². The van der Waals surface area contributed by atoms with Gasteiger partial charge in [-0.2, -0.15) is 0 Å². The number of nitrogens with two attached hydrogens (primary N) is 1. The predicted octanol–water partition coefficient (Wildman–Crippen LogP) is 1.98. The highest BCUT2D eigenvalue weighted by Gasteiger charge is 2.49. The summed E-state index contributed by atoms with van der Waals surface area (Å²) in [5, 5.41) is 5.16. The van der Waals surface area contributed by atoms with Gasteiger partial charge in [-0.25, -0.2) is 4.98 Å². The molecule has 0 spiro atoms. The number of amides is 1. The van der Waals surface area contributed by atoms with E-state index in [2.05, 4.69) is 10.3 Å². The third-order valence-electron chi connectivity index (χ3n) is 4.70. The molecule has 6 nitrogen and oxygen atoms in total. The van der Waals surface area contributed by atoms with E-state index in [0.29, 0.717) is 29.3 Å². The molecule has 4 atom stereocenters. The van der Waals surface area contributed by atoms with Crippen LogP contribution in [-0.2, 0) is 20.7 Å². The number of hydrogen-bond donors (Lipinski definition) is 2. The standard InChI is InChI=1S/C15H21N3O3S.ClH/c1-2-21-11(19)6-10-7-22-15(17-10)18-14(20)12-8-3-4-9(5-8)13(12)16;/h7-9,12-13H,2-6,16H2,1H3,(H,17,18,20);1H. The Morgan fingerprint density at radius 2 is 2.17 bits per heavy atom. The fourth-order valence-electron chi connectivity index (χ4n) is 3.72. The van der Waals surface area contributed by atoms with E-state index < -0.39 is 0 Å². The van der Waals surface area contributed by atoms with Gasteiger partial charge in [-0.1, -0.05) is 0 Å². The van der Waals surface area contributed by atoms with Gasteiger partial charge in [0.1, 0.15) is 0 Å². The summed E-state index contributed by atoms with van der Waals surface area (Å²) in [6.45, 7) is 2.12. The molecular weight excluding hydrogens is 338 g/mol. The lowest BCUT2D eigenvalue weighted by Gasteiger charge is -2.26. The Bertz CT molecular complexity index is 578. The van der Waals surface area contributed by atoms with Crippen molar-refractivity contribution in [1.29, 1.82) is 0 Å². The number of thiazole rings is 1. The van der Waals surface area contributed by atoms with E-state index in [4.69, 9.17) is 10.5 Å². The van der Waals surface area contributed by atoms with Gasteiger partial charge in [-0.05, 0) is 38.0 Å². The molecule has 0 radical (unpaired) electrons. The van der Waals surface area contributed by atoms with E-state index in [-0.39, 0.29) is 42.7 Å². The molecule has 0 saturated heterocycles. The van der Waals surface area contributed by atoms with Gasteiger partial charge in [-0.3, -0.25) is 9.59 Å². The number of nitrogens with one attached hydrogen (secondary N) is 1. The molecule has 0 aromatic carbocycles. The molecule has 0 aliphatic heterocycles. The van der Waals surface area contributed by atoms with E-state index in [1.807, 2.05) is 0 Å². The second-order valence-corrected chi connectivity index (χ2v) is 6.91. The normalized spacial score (nSPS) is 28.3. The summed E-state index contributed by atoms with van der Waals surface area (Å²) in [4.78, 5) is 28.1. The van der Waals surface area contributed by atoms with Gasteiger partial charge in [-0.15, -0.1) is 23.7 Å². The minimum Gasteiger partial charge on any atom is -0.466 e. The SMILES string of the molecule is CCOC(=O)Cc1csc(NC(=O)C2C3CCC(C3)C2N)n1.Cl. The van der Waals surface area contributed by atoms with Crippen molar-refractivity contribution in [3.05, 3.63) is 11.1 Å². The number of halogens is 1. The number of hydrogen-bond acceptors (Lipinski definition) is 6. The molecule has 2 aliphatic rings. The summed E-state index contributed by atoms with van der Waals surface area (Å²) in [6, 6.07) is -0.0299. The first-order chi connectivity index (χ1) is 10.6. The van der Waals surface area contributed by atoms with Crippen LogP contribution in [0.5, 0.6) is 0 Å². The summed E-state index contributed by atoms with van der Waals surface area (Å²) in [6.07, 6.45) is 3.46. The Balaban J connectivity index is 0.00000192. The van der Waals surface area contributed by atoms with Gasteiger partial charge in [0, 0.05) is 11.4 Å². The molecule has 2 aliphatic carbocycles. The zero-order chi connectivity index (χ0) is 15.7. The molecule has 23 heavy (non-hydrogen) atoms. The zero-order valence-electron chi connectivity index (χ0n) is 13.0. The second kappa shape index (κ2) is 7.59. The van der Waals surface area contributed by atoms with Crippen molar-refractivity contribution in [3.8, 4) is 0 Å². The van der Waals surface area contributed by atoms with Crippen LogP contribution in [0.25, 0.3) is 0 Å². The lowest BCUT2D eigenvalue weighted by Crippen LogP contribution is -2.42. The van der Waals surface area contributed by atoms with Crippen molar-refractivity contribution in [2.45, 2.75) is 38.6 Å². The lowest BCUT2D eigenvalue weighted by atomic mass is 9.84. The van der Waals surface area contributed by atoms with Gasteiger partial charge in [0.15, 0.2) is 5.13 Å². The first-order valence-corrected chi connectivity index (χ1v) is 8.63. The molecule has 1 heterocycles. The molecule has 1 aromatic rings. The van der Waals surface area contributed by atoms with E-state index in [9.17, 15) is 9.59 Å². The number of carbonyl (C=O) groups is 2. The molecule has 1 amide bonds. The largest absolute Gasteiger partial charge is 0.466 e. The van der Waals surface area contributed by atoms with E-state index in [1.54, 1.807) is 12.3 Å². The third kappa shape index (κ3) is 3.84. The molecule has 3 rings (SSSR count). The molecule has 128 valence electrons. The van der Waals surface area contributed by atoms with Crippen LogP contribution in [0.3, 0.4) is 0 Å². The summed E-state index contributed by atoms with van der Waals surface area (Å²) in [5.41, 5.74) is 6.81. The minimum absolute atomic E-state index is 0. The number of anilines is 1. The molecule has 8 heteroatoms. The van der Waals surface area contributed by atoms with Crippen LogP contribution in [0, 0.1) is 17.8 Å². The highest BCUT2D eigenvalue weighted by molar-refractivity contribution is 7.13. The van der Waals surface area contributed by atoms with Crippen LogP contribution in [0.1, 0.15) is 31.9 Å². The van der Waals surface area contributed by atoms with Gasteiger partial charge in [0.2, 0.25) is 5.91 Å². The van der Waals surface area contributed by atoms with Gasteiger partial charge in [0.05, 0.1) is 24.6 Å². The fourth-order valence-corrected chi connectivity index (χ4v) is 4.43. The monoisotopic (exact) mass is 359 g/mol. The van der Waals surface area contributed by atoms with Gasteiger partial charge in [0.25, 0.3) is 0 Å². The van der Waals surface area contributed by atoms with Crippen LogP contribution < -0.4 is 11.1 Å². The maximum atomic E-state index is 12.4. The minimum atomic E-state index is -0.305. The smallest absolute Gasteiger partial charge is 0.311 e. The van der Waals surface area contributed by atoms with Crippen LogP contribution in [0.4, 0.5) is 5.13 Å². The Morgan fingerprint density at radius 3 is 2.83 bits per heavy atom. The molecule has 4 unspecified atom stereocenters. The second-order valence-electron chi connectivity index (χ2n) is 6.05. The van der Waals surface area contributed by atoms with E-state index >= 15 is 0 Å². The lowest BCUT2D eigenvalue weighted by molar-refractivity contribution is -0.142. The number of carbonyl (C=O) groups excluding carboxylic acids is 2. The van der Waals surface area contributed by atoms with Crippen LogP contribution >= 0.6 is 23.7 Å². The van der Waals surface area contributed by atoms with E-state index in [0.717, 1.165) is 19.3 Å². The molecule has 2 fully saturated rings. The van der Waals surface area contributed by atoms with Crippen LogP contribution in [0.15, 0.2) is 5.38 Å². The van der Waals surface area contributed by atoms with Crippen molar-refractivity contribution in [2.24, 2.45) is 23.5 Å². The van der Waals surface area contributed by atoms with Crippen molar-refractivity contribution in [2.75, 3.05) is 11.9 Å². The summed E-state index contributed by atoms with van der Waals surface area (Å²) < 4.78 is 4.89. The molecule has 2 bridgehead atoms. The number of fused-ring (bicyclic) bond motifs is 2. The van der Waals surface area contributed by atoms with Crippen LogP contribution in [0.2, 0.25) is 0 Å². The number of ether oxygens (including phenoxy) is 1. The predicted molar refractivity (Wildman–Crippen MR) is 90.6 cm³/mol. The van der Waals surface area contributed by atoms with Crippen molar-refractivity contribution in [1.82, 2.24) is 4.98 Å². The van der Waals surface area contributed by atoms with Crippen molar-refractivity contribution in [3.63, 3.8) is 0 Å². The average Bonchev–Trinajstić information content (AvgIpc) is 3.15. The summed E-state index contributed by atoms with van der Waals surface area (Å²) in [5.74, 6) is 0.476. The van der Waals surface area contributed by atoms with Gasteiger partial charge < -0.3 is 15.8 Å². The Kier molecular flexibility index (Phi) is 6.00. The van der Waals surface area contributed by atoms with Crippen LogP contribution in [-0.4, -0.2) is 29.5 Å². The first-order valence-electron chi connectivity index (χ1n) is 7.75. The Hall–Kier alpha value is -1.18. The highest BCUT2D eigenvalue weighted by Crippen LogP contribution is 2.47. The fraction of sp³-hybridized carbons (Fsp3) is 0.667. The quantitative estimate of drug-likeness (QED) is 0.784. The Morgan fingerprint density at radius 1 is 1.43 bits per heavy atom. The molecular formula is C15H22ClN3O3S. The zero-order valence-corrected chi connectivity index (χ0v) is 14.6. The third-order valence-corrected chi connectivity index (χ3v) is 5.50. The van der Waals surface area contributed by atoms with Gasteiger partial charge >= 0.3 is 5.97 Å². The van der Waals surface area contributed by atoms with E-state index in [1.165, 1.54) is 11.3 Å². The first kappa shape index (κ1) is 18.2. The number of esters is 1. The number of nitrogens with zero attached hydrogens (tertiary/aromatic N) is 1. The summed E-state index contributed by atoms with van der Waals surface area (Å²) >= 11 is 1.33. The molecule has 2 saturated carbocycles. The maximum absolute atomic E-state index is 12.4. The summed E-state index contributed by atoms with van der Waals surface area (Å²) in [7, 11) is 0. The number of rotatable bonds is 5. The van der Waals surface area contributed by atoms with Crippen molar-refractivity contribution >= 4 is 40.8 Å². The number of aromatic nitrogens is 1. The molecule has 1 aromatic heterocycles. The average molecular weight is 360 g/mol. The molecule has 3 N–H and O–H groups in total. The maximum Gasteiger partial charge on any atom is 0.311 e. The highest BCUT2D eigenvalue weighted by atomic mass is 35.5.